The Morgan fingerprint density at radius 1 is 1.20 bits per heavy atom. The van der Waals surface area contributed by atoms with Crippen LogP contribution in [0.15, 0.2) is 12.7 Å². The minimum atomic E-state index is -1.23. The molecule has 4 atom stereocenters. The van der Waals surface area contributed by atoms with E-state index in [1.807, 2.05) is 0 Å². The molecule has 3 heterocycles. The van der Waals surface area contributed by atoms with E-state index in [4.69, 9.17) is 9.84 Å². The summed E-state index contributed by atoms with van der Waals surface area (Å²) in [7, 11) is 0. The first-order valence-electron chi connectivity index (χ1n) is 5.62. The molecular weight excluding hydrogens is 463 g/mol. The summed E-state index contributed by atoms with van der Waals surface area (Å²) in [6.45, 7) is -0.415. The monoisotopic (exact) mass is 476 g/mol. The van der Waals surface area contributed by atoms with Gasteiger partial charge in [-0.05, 0) is 0 Å². The average molecular weight is 475 g/mol. The van der Waals surface area contributed by atoms with Crippen LogP contribution in [0.4, 0.5) is 0 Å². The van der Waals surface area contributed by atoms with Crippen molar-refractivity contribution < 1.29 is 25.2 Å². The van der Waals surface area contributed by atoms with Crippen LogP contribution in [-0.4, -0.2) is 92.2 Å². The van der Waals surface area contributed by atoms with Gasteiger partial charge in [0.05, 0.1) is 12.9 Å². The second kappa shape index (κ2) is 5.85. The topological polar surface area (TPSA) is 134 Å². The minimum absolute atomic E-state index is 0. The fourth-order valence-electron chi connectivity index (χ4n) is 2.14. The van der Waals surface area contributed by atoms with E-state index in [0.29, 0.717) is 0 Å². The van der Waals surface area contributed by atoms with Crippen molar-refractivity contribution in [3.05, 3.63) is 12.7 Å². The summed E-state index contributed by atoms with van der Waals surface area (Å²) in [6.07, 6.45) is -1.79. The molecule has 0 amide bonds. The summed E-state index contributed by atoms with van der Waals surface area (Å²) >= 11 is 0. The van der Waals surface area contributed by atoms with E-state index in [1.54, 1.807) is 0 Å². The molecule has 4 radical (unpaired) electrons. The molecule has 10 heteroatoms. The molecule has 0 aromatic carbocycles. The molecule has 106 valence electrons. The maximum absolute atomic E-state index is 9.92. The number of fused-ring (bicyclic) bond motifs is 1. The summed E-state index contributed by atoms with van der Waals surface area (Å²) < 4.78 is 6.73. The molecule has 2 aromatic rings. The van der Waals surface area contributed by atoms with Gasteiger partial charge in [0.15, 0.2) is 17.4 Å². The van der Waals surface area contributed by atoms with Gasteiger partial charge in [-0.2, -0.15) is 4.98 Å². The van der Waals surface area contributed by atoms with Gasteiger partial charge in [-0.3, -0.25) is 4.57 Å². The van der Waals surface area contributed by atoms with Gasteiger partial charge in [0.2, 0.25) is 5.88 Å². The number of ether oxygens (including phenoxy) is 1. The van der Waals surface area contributed by atoms with Crippen molar-refractivity contribution >= 4 is 38.5 Å². The van der Waals surface area contributed by atoms with Crippen molar-refractivity contribution in [2.75, 3.05) is 6.61 Å². The molecule has 1 aliphatic rings. The van der Waals surface area contributed by atoms with Crippen molar-refractivity contribution in [3.8, 4) is 5.88 Å². The van der Waals surface area contributed by atoms with Crippen molar-refractivity contribution in [1.29, 1.82) is 0 Å². The SMILES string of the molecule is OC[C@H]1O[C@@H](n2cnc3c(O)ncnc32)[C@H](O)[C@@H]1O.[Pb]. The number of hydrogen-bond acceptors (Lipinski definition) is 8. The number of nitrogens with zero attached hydrogens (tertiary/aromatic N) is 4. The zero-order chi connectivity index (χ0) is 13.6. The fraction of sp³-hybridized carbons (Fsp3) is 0.500. The molecule has 9 nitrogen and oxygen atoms in total. The number of aromatic hydroxyl groups is 1. The zero-order valence-electron chi connectivity index (χ0n) is 10.2. The smallest absolute Gasteiger partial charge is 0.242 e. The predicted octanol–water partition coefficient (Wildman–Crippen LogP) is -2.24. The number of aliphatic hydroxyl groups is 3. The molecule has 0 unspecified atom stereocenters. The summed E-state index contributed by atoms with van der Waals surface area (Å²) in [5, 5.41) is 38.2. The Labute approximate surface area is 133 Å². The van der Waals surface area contributed by atoms with Gasteiger partial charge in [-0.15, -0.1) is 0 Å². The molecule has 1 aliphatic heterocycles. The van der Waals surface area contributed by atoms with E-state index >= 15 is 0 Å². The molecule has 1 fully saturated rings. The Morgan fingerprint density at radius 3 is 2.60 bits per heavy atom. The Bertz CT molecular complexity index is 608. The molecule has 0 saturated carbocycles. The minimum Gasteiger partial charge on any atom is -0.492 e. The molecule has 1 saturated heterocycles. The van der Waals surface area contributed by atoms with Crippen molar-refractivity contribution in [1.82, 2.24) is 19.5 Å². The number of rotatable bonds is 2. The van der Waals surface area contributed by atoms with Gasteiger partial charge in [0.25, 0.3) is 0 Å². The second-order valence-corrected chi connectivity index (χ2v) is 4.25. The largest absolute Gasteiger partial charge is 0.492 e. The molecule has 0 spiro atoms. The molecule has 2 aromatic heterocycles. The molecule has 3 rings (SSSR count). The normalized spacial score (nSPS) is 29.6. The predicted molar refractivity (Wildman–Crippen MR) is 65.8 cm³/mol. The van der Waals surface area contributed by atoms with Gasteiger partial charge in [0.1, 0.15) is 24.6 Å². The second-order valence-electron chi connectivity index (χ2n) is 4.25. The van der Waals surface area contributed by atoms with E-state index in [9.17, 15) is 15.3 Å². The fourth-order valence-corrected chi connectivity index (χ4v) is 2.14. The van der Waals surface area contributed by atoms with Gasteiger partial charge in [0, 0.05) is 27.3 Å². The third-order valence-corrected chi connectivity index (χ3v) is 3.13. The Balaban J connectivity index is 0.00000147. The van der Waals surface area contributed by atoms with Crippen LogP contribution in [0.3, 0.4) is 0 Å². The van der Waals surface area contributed by atoms with Crippen LogP contribution in [-0.2, 0) is 4.74 Å². The first-order valence-corrected chi connectivity index (χ1v) is 5.62. The summed E-state index contributed by atoms with van der Waals surface area (Å²) in [4.78, 5) is 11.5. The van der Waals surface area contributed by atoms with Crippen LogP contribution in [0.1, 0.15) is 6.23 Å². The number of imidazole rings is 1. The summed E-state index contributed by atoms with van der Waals surface area (Å²) in [6, 6.07) is 0. The van der Waals surface area contributed by atoms with Gasteiger partial charge in [-0.1, -0.05) is 0 Å². The van der Waals surface area contributed by atoms with E-state index in [-0.39, 0.29) is 44.3 Å². The van der Waals surface area contributed by atoms with Crippen LogP contribution in [0.25, 0.3) is 11.2 Å². The Hall–Kier alpha value is -0.888. The van der Waals surface area contributed by atoms with Gasteiger partial charge in [-0.25, -0.2) is 9.97 Å². The van der Waals surface area contributed by atoms with Crippen molar-refractivity contribution in [2.24, 2.45) is 0 Å². The van der Waals surface area contributed by atoms with Crippen LogP contribution >= 0.6 is 0 Å². The first kappa shape index (κ1) is 15.5. The molecule has 20 heavy (non-hydrogen) atoms. The van der Waals surface area contributed by atoms with Crippen molar-refractivity contribution in [2.45, 2.75) is 24.5 Å². The first-order chi connectivity index (χ1) is 9.13. The summed E-state index contributed by atoms with van der Waals surface area (Å²) in [5.74, 6) is -0.282. The number of aliphatic hydroxyl groups excluding tert-OH is 3. The third kappa shape index (κ3) is 2.28. The van der Waals surface area contributed by atoms with Crippen molar-refractivity contribution in [3.63, 3.8) is 0 Å². The molecule has 4 N–H and O–H groups in total. The van der Waals surface area contributed by atoms with Crippen LogP contribution in [0.2, 0.25) is 0 Å². The Kier molecular flexibility index (Phi) is 4.53. The van der Waals surface area contributed by atoms with E-state index in [1.165, 1.54) is 10.9 Å². The van der Waals surface area contributed by atoms with E-state index in [2.05, 4.69) is 15.0 Å². The van der Waals surface area contributed by atoms with Crippen LogP contribution < -0.4 is 0 Å². The number of aromatic nitrogens is 4. The van der Waals surface area contributed by atoms with Gasteiger partial charge < -0.3 is 25.2 Å². The number of hydrogen-bond donors (Lipinski definition) is 4. The third-order valence-electron chi connectivity index (χ3n) is 3.13. The summed E-state index contributed by atoms with van der Waals surface area (Å²) in [5.41, 5.74) is 0.433. The quantitative estimate of drug-likeness (QED) is 0.359. The van der Waals surface area contributed by atoms with Crippen LogP contribution in [0.5, 0.6) is 5.88 Å². The standard InChI is InChI=1S/C10H12N4O5.Pb/c15-1-4-6(16)7(17)10(19-4)14-3-13-5-8(14)11-2-12-9(5)18;/h2-4,6-7,10,15-17H,1H2,(H,11,12,18);/t4-,6-,7-,10-;/m1./s1. The average Bonchev–Trinajstić information content (AvgIpc) is 2.94. The zero-order valence-corrected chi connectivity index (χ0v) is 14.0. The van der Waals surface area contributed by atoms with E-state index < -0.39 is 31.1 Å². The maximum Gasteiger partial charge on any atom is 0.242 e. The Morgan fingerprint density at radius 2 is 1.95 bits per heavy atom. The van der Waals surface area contributed by atoms with E-state index in [0.717, 1.165) is 6.33 Å². The molecular formula is C10H12N4O5Pb. The maximum atomic E-state index is 9.92. The van der Waals surface area contributed by atoms with Gasteiger partial charge >= 0.3 is 0 Å². The molecule has 0 aliphatic carbocycles. The molecule has 0 bridgehead atoms. The van der Waals surface area contributed by atoms with Crippen LogP contribution in [0, 0.1) is 0 Å².